The van der Waals surface area contributed by atoms with Gasteiger partial charge in [0, 0.05) is 5.56 Å². The molecule has 1 aliphatic heterocycles. The maximum absolute atomic E-state index is 13.9. The summed E-state index contributed by atoms with van der Waals surface area (Å²) in [6, 6.07) is 23.6. The summed E-state index contributed by atoms with van der Waals surface area (Å²) in [5, 5.41) is 9.30. The summed E-state index contributed by atoms with van der Waals surface area (Å²) in [5.41, 5.74) is 3.54. The van der Waals surface area contributed by atoms with Crippen molar-refractivity contribution in [3.8, 4) is 17.6 Å². The van der Waals surface area contributed by atoms with E-state index in [1.54, 1.807) is 37.5 Å². The van der Waals surface area contributed by atoms with Crippen LogP contribution in [0.15, 0.2) is 93.9 Å². The van der Waals surface area contributed by atoms with E-state index in [0.29, 0.717) is 44.3 Å². The third kappa shape index (κ3) is 6.45. The lowest BCUT2D eigenvalue weighted by atomic mass is 9.96. The number of hydrogen-bond donors (Lipinski definition) is 0. The number of fused-ring (bicyclic) bond motifs is 1. The molecule has 4 aromatic rings. The first-order chi connectivity index (χ1) is 20.8. The van der Waals surface area contributed by atoms with Gasteiger partial charge in [-0.3, -0.25) is 9.36 Å². The average Bonchev–Trinajstić information content (AvgIpc) is 3.30. The molecule has 0 N–H and O–H groups in total. The minimum atomic E-state index is -0.701. The Morgan fingerprint density at radius 2 is 1.72 bits per heavy atom. The summed E-state index contributed by atoms with van der Waals surface area (Å²) in [6.07, 6.45) is 1.48. The monoisotopic (exact) mass is 593 g/mol. The highest BCUT2D eigenvalue weighted by Crippen LogP contribution is 2.32. The van der Waals surface area contributed by atoms with Crippen molar-refractivity contribution in [3.63, 3.8) is 0 Å². The molecule has 0 saturated heterocycles. The van der Waals surface area contributed by atoms with Gasteiger partial charge in [-0.2, -0.15) is 5.26 Å². The summed E-state index contributed by atoms with van der Waals surface area (Å²) in [6.45, 7) is 8.06. The largest absolute Gasteiger partial charge is 0.494 e. The Bertz CT molecular complexity index is 1900. The maximum Gasteiger partial charge on any atom is 0.338 e. The van der Waals surface area contributed by atoms with Crippen LogP contribution in [-0.2, 0) is 16.1 Å². The van der Waals surface area contributed by atoms with E-state index in [0.717, 1.165) is 16.7 Å². The molecular weight excluding hydrogens is 562 g/mol. The first kappa shape index (κ1) is 29.5. The van der Waals surface area contributed by atoms with Crippen LogP contribution in [-0.4, -0.2) is 23.2 Å². The Balaban J connectivity index is 1.49. The zero-order valence-electron chi connectivity index (χ0n) is 24.4. The molecule has 0 amide bonds. The normalized spacial score (nSPS) is 14.6. The van der Waals surface area contributed by atoms with Gasteiger partial charge in [0.2, 0.25) is 0 Å². The zero-order chi connectivity index (χ0) is 30.5. The fourth-order valence-electron chi connectivity index (χ4n) is 4.82. The summed E-state index contributed by atoms with van der Waals surface area (Å²) in [5.74, 6) is 0.843. The maximum atomic E-state index is 13.9. The van der Waals surface area contributed by atoms with Crippen molar-refractivity contribution in [2.24, 2.45) is 4.99 Å². The fourth-order valence-corrected chi connectivity index (χ4v) is 5.86. The first-order valence-corrected chi connectivity index (χ1v) is 14.8. The van der Waals surface area contributed by atoms with E-state index in [-0.39, 0.29) is 18.3 Å². The summed E-state index contributed by atoms with van der Waals surface area (Å²) in [4.78, 5) is 32.3. The van der Waals surface area contributed by atoms with Gasteiger partial charge in [0.05, 0.1) is 46.2 Å². The van der Waals surface area contributed by atoms with Gasteiger partial charge in [0.15, 0.2) is 4.80 Å². The predicted octanol–water partition coefficient (Wildman–Crippen LogP) is 5.04. The Morgan fingerprint density at radius 1 is 1.05 bits per heavy atom. The molecule has 3 aromatic carbocycles. The molecule has 0 spiro atoms. The molecule has 0 unspecified atom stereocenters. The number of allylic oxidation sites excluding steroid dienone is 1. The van der Waals surface area contributed by atoms with E-state index in [1.165, 1.54) is 11.3 Å². The SMILES string of the molecule is CCOc1ccc([C@H]2C(C(=O)OC(C)C)=C(C)N=c3s/c(=C/c4ccc(OCc5ccccc5C#N)cc4)c(=O)n32)cc1. The van der Waals surface area contributed by atoms with Gasteiger partial charge in [-0.25, -0.2) is 9.79 Å². The third-order valence-corrected chi connectivity index (χ3v) is 7.78. The molecule has 0 bridgehead atoms. The molecule has 43 heavy (non-hydrogen) atoms. The lowest BCUT2D eigenvalue weighted by molar-refractivity contribution is -0.143. The predicted molar refractivity (Wildman–Crippen MR) is 165 cm³/mol. The lowest BCUT2D eigenvalue weighted by Gasteiger charge is -2.25. The molecular formula is C34H31N3O5S. The minimum Gasteiger partial charge on any atom is -0.494 e. The van der Waals surface area contributed by atoms with E-state index >= 15 is 0 Å². The van der Waals surface area contributed by atoms with Crippen molar-refractivity contribution in [1.29, 1.82) is 5.26 Å². The average molecular weight is 594 g/mol. The summed E-state index contributed by atoms with van der Waals surface area (Å²) in [7, 11) is 0. The van der Waals surface area contributed by atoms with Gasteiger partial charge in [-0.1, -0.05) is 53.8 Å². The smallest absolute Gasteiger partial charge is 0.338 e. The molecule has 1 atom stereocenters. The molecule has 9 heteroatoms. The molecule has 0 fully saturated rings. The molecule has 1 aromatic heterocycles. The van der Waals surface area contributed by atoms with Crippen LogP contribution in [0.1, 0.15) is 56.0 Å². The summed E-state index contributed by atoms with van der Waals surface area (Å²) < 4.78 is 19.1. The van der Waals surface area contributed by atoms with Crippen LogP contribution in [0, 0.1) is 11.3 Å². The van der Waals surface area contributed by atoms with Crippen LogP contribution >= 0.6 is 11.3 Å². The Kier molecular flexibility index (Phi) is 8.88. The van der Waals surface area contributed by atoms with Crippen molar-refractivity contribution in [1.82, 2.24) is 4.57 Å². The van der Waals surface area contributed by atoms with Gasteiger partial charge in [0.25, 0.3) is 5.56 Å². The number of benzene rings is 3. The van der Waals surface area contributed by atoms with E-state index < -0.39 is 12.0 Å². The van der Waals surface area contributed by atoms with Gasteiger partial charge in [0.1, 0.15) is 18.1 Å². The number of aromatic nitrogens is 1. The highest BCUT2D eigenvalue weighted by Gasteiger charge is 2.33. The topological polar surface area (TPSA) is 103 Å². The van der Waals surface area contributed by atoms with Crippen LogP contribution in [0.25, 0.3) is 6.08 Å². The van der Waals surface area contributed by atoms with Crippen LogP contribution in [0.5, 0.6) is 11.5 Å². The number of ether oxygens (including phenoxy) is 3. The second kappa shape index (κ2) is 12.9. The quantitative estimate of drug-likeness (QED) is 0.252. The number of thiazole rings is 1. The third-order valence-electron chi connectivity index (χ3n) is 6.80. The first-order valence-electron chi connectivity index (χ1n) is 14.0. The van der Waals surface area contributed by atoms with Gasteiger partial charge >= 0.3 is 5.97 Å². The minimum absolute atomic E-state index is 0.251. The molecule has 8 nitrogen and oxygen atoms in total. The zero-order valence-corrected chi connectivity index (χ0v) is 25.2. The standard InChI is InChI=1S/C34H31N3O5S/c1-5-40-27-16-12-24(13-17-27)31-30(33(39)42-21(2)3)22(4)36-34-37(31)32(38)29(43-34)18-23-10-14-28(15-11-23)41-20-26-9-7-6-8-25(26)19-35/h6-18,21,31H,5,20H2,1-4H3/b29-18+/t31-/m0/s1. The number of rotatable bonds is 9. The van der Waals surface area contributed by atoms with Crippen molar-refractivity contribution < 1.29 is 19.0 Å². The molecule has 5 rings (SSSR count). The van der Waals surface area contributed by atoms with Crippen LogP contribution in [0.2, 0.25) is 0 Å². The van der Waals surface area contributed by atoms with Crippen LogP contribution in [0.4, 0.5) is 0 Å². The van der Waals surface area contributed by atoms with E-state index in [9.17, 15) is 14.9 Å². The number of carbonyl (C=O) groups is 1. The Hall–Kier alpha value is -4.94. The number of nitriles is 1. The second-order valence-electron chi connectivity index (χ2n) is 10.2. The van der Waals surface area contributed by atoms with Crippen molar-refractivity contribution in [3.05, 3.63) is 126 Å². The number of hydrogen-bond acceptors (Lipinski definition) is 8. The Morgan fingerprint density at radius 3 is 2.40 bits per heavy atom. The molecule has 1 aliphatic rings. The van der Waals surface area contributed by atoms with E-state index in [2.05, 4.69) is 11.1 Å². The molecule has 0 aliphatic carbocycles. The highest BCUT2D eigenvalue weighted by molar-refractivity contribution is 7.07. The van der Waals surface area contributed by atoms with Crippen molar-refractivity contribution >= 4 is 23.4 Å². The number of esters is 1. The summed E-state index contributed by atoms with van der Waals surface area (Å²) >= 11 is 1.27. The lowest BCUT2D eigenvalue weighted by Crippen LogP contribution is -2.40. The molecule has 0 radical (unpaired) electrons. The van der Waals surface area contributed by atoms with E-state index in [1.807, 2.05) is 73.7 Å². The Labute approximate surface area is 253 Å². The second-order valence-corrected chi connectivity index (χ2v) is 11.2. The van der Waals surface area contributed by atoms with Crippen molar-refractivity contribution in [2.45, 2.75) is 46.4 Å². The van der Waals surface area contributed by atoms with Gasteiger partial charge in [-0.15, -0.1) is 0 Å². The van der Waals surface area contributed by atoms with Crippen LogP contribution < -0.4 is 24.4 Å². The van der Waals surface area contributed by atoms with E-state index in [4.69, 9.17) is 14.2 Å². The fraction of sp³-hybridized carbons (Fsp3) is 0.235. The highest BCUT2D eigenvalue weighted by atomic mass is 32.1. The van der Waals surface area contributed by atoms with Crippen LogP contribution in [0.3, 0.4) is 0 Å². The molecule has 0 saturated carbocycles. The number of nitrogens with zero attached hydrogens (tertiary/aromatic N) is 3. The molecule has 218 valence electrons. The van der Waals surface area contributed by atoms with Gasteiger partial charge < -0.3 is 14.2 Å². The van der Waals surface area contributed by atoms with Gasteiger partial charge in [-0.05, 0) is 75.2 Å². The molecule has 2 heterocycles. The number of carbonyl (C=O) groups excluding carboxylic acids is 1. The van der Waals surface area contributed by atoms with Crippen molar-refractivity contribution in [2.75, 3.05) is 6.61 Å².